The Hall–Kier alpha value is -2.66. The zero-order valence-electron chi connectivity index (χ0n) is 13.2. The van der Waals surface area contributed by atoms with Crippen molar-refractivity contribution in [3.8, 4) is 11.3 Å². The third-order valence-electron chi connectivity index (χ3n) is 3.42. The number of carbonyl (C=O) groups excluding carboxylic acids is 1. The summed E-state index contributed by atoms with van der Waals surface area (Å²) in [6.07, 6.45) is 1.53. The third-order valence-corrected chi connectivity index (χ3v) is 4.45. The van der Waals surface area contributed by atoms with Gasteiger partial charge in [-0.1, -0.05) is 60.3 Å². The molecule has 0 aliphatic rings. The number of hydrogen-bond donors (Lipinski definition) is 1. The second kappa shape index (κ2) is 7.75. The van der Waals surface area contributed by atoms with Crippen LogP contribution in [0, 0.1) is 0 Å². The van der Waals surface area contributed by atoms with E-state index in [0.29, 0.717) is 0 Å². The van der Waals surface area contributed by atoms with Gasteiger partial charge < -0.3 is 5.32 Å². The molecule has 0 radical (unpaired) electrons. The first kappa shape index (κ1) is 16.2. The average Bonchev–Trinajstić information content (AvgIpc) is 2.63. The minimum Gasteiger partial charge on any atom is -0.325 e. The topological polar surface area (TPSA) is 54.9 Å². The molecule has 120 valence electrons. The molecule has 1 N–H and O–H groups in total. The van der Waals surface area contributed by atoms with E-state index in [0.717, 1.165) is 22.0 Å². The van der Waals surface area contributed by atoms with Gasteiger partial charge in [-0.25, -0.2) is 9.97 Å². The Kier molecular flexibility index (Phi) is 5.23. The van der Waals surface area contributed by atoms with Gasteiger partial charge in [-0.05, 0) is 25.1 Å². The van der Waals surface area contributed by atoms with Crippen LogP contribution >= 0.6 is 11.8 Å². The number of thioether (sulfide) groups is 1. The van der Waals surface area contributed by atoms with Crippen LogP contribution < -0.4 is 5.32 Å². The molecule has 0 aliphatic heterocycles. The van der Waals surface area contributed by atoms with Gasteiger partial charge in [-0.2, -0.15) is 0 Å². The predicted molar refractivity (Wildman–Crippen MR) is 97.9 cm³/mol. The molecule has 3 rings (SSSR count). The first-order valence-electron chi connectivity index (χ1n) is 7.62. The standard InChI is InChI=1S/C19H17N3OS/c1-14(19(23)22-16-10-6-3-7-11-16)24-18-12-17(20-13-21-18)15-8-4-2-5-9-15/h2-14H,1H3,(H,22,23). The fourth-order valence-corrected chi connectivity index (χ4v) is 2.99. The lowest BCUT2D eigenvalue weighted by molar-refractivity contribution is -0.115. The van der Waals surface area contributed by atoms with Gasteiger partial charge in [0.2, 0.25) is 5.91 Å². The predicted octanol–water partition coefficient (Wildman–Crippen LogP) is 4.26. The summed E-state index contributed by atoms with van der Waals surface area (Å²) < 4.78 is 0. The summed E-state index contributed by atoms with van der Waals surface area (Å²) in [5.74, 6) is -0.0499. The van der Waals surface area contributed by atoms with E-state index in [1.807, 2.05) is 73.7 Å². The lowest BCUT2D eigenvalue weighted by Gasteiger charge is -2.12. The number of para-hydroxylation sites is 1. The average molecular weight is 335 g/mol. The number of rotatable bonds is 5. The highest BCUT2D eigenvalue weighted by Crippen LogP contribution is 2.25. The molecule has 0 aliphatic carbocycles. The van der Waals surface area contributed by atoms with E-state index in [4.69, 9.17) is 0 Å². The smallest absolute Gasteiger partial charge is 0.237 e. The molecule has 0 fully saturated rings. The zero-order valence-corrected chi connectivity index (χ0v) is 14.0. The number of carbonyl (C=O) groups is 1. The minimum atomic E-state index is -0.260. The monoisotopic (exact) mass is 335 g/mol. The van der Waals surface area contributed by atoms with Crippen molar-refractivity contribution in [1.29, 1.82) is 0 Å². The van der Waals surface area contributed by atoms with Crippen molar-refractivity contribution in [3.05, 3.63) is 73.1 Å². The van der Waals surface area contributed by atoms with Crippen molar-refractivity contribution < 1.29 is 4.79 Å². The van der Waals surface area contributed by atoms with Crippen molar-refractivity contribution in [3.63, 3.8) is 0 Å². The highest BCUT2D eigenvalue weighted by molar-refractivity contribution is 8.00. The molecule has 2 aromatic carbocycles. The van der Waals surface area contributed by atoms with E-state index in [9.17, 15) is 4.79 Å². The fourth-order valence-electron chi connectivity index (χ4n) is 2.17. The van der Waals surface area contributed by atoms with Crippen LogP contribution in [0.2, 0.25) is 0 Å². The van der Waals surface area contributed by atoms with Gasteiger partial charge in [0.05, 0.1) is 10.9 Å². The van der Waals surface area contributed by atoms with E-state index in [2.05, 4.69) is 15.3 Å². The van der Waals surface area contributed by atoms with Crippen molar-refractivity contribution >= 4 is 23.4 Å². The molecule has 0 saturated carbocycles. The van der Waals surface area contributed by atoms with Crippen molar-refractivity contribution in [2.24, 2.45) is 0 Å². The second-order valence-electron chi connectivity index (χ2n) is 5.22. The Morgan fingerprint density at radius 1 is 1.00 bits per heavy atom. The van der Waals surface area contributed by atoms with Crippen LogP contribution in [0.3, 0.4) is 0 Å². The number of nitrogens with one attached hydrogen (secondary N) is 1. The van der Waals surface area contributed by atoms with E-state index < -0.39 is 0 Å². The van der Waals surface area contributed by atoms with Crippen molar-refractivity contribution in [2.45, 2.75) is 17.2 Å². The molecular formula is C19H17N3OS. The summed E-state index contributed by atoms with van der Waals surface area (Å²) in [4.78, 5) is 20.9. The molecule has 1 amide bonds. The molecule has 1 unspecified atom stereocenters. The number of aromatic nitrogens is 2. The summed E-state index contributed by atoms with van der Waals surface area (Å²) in [6.45, 7) is 1.87. The fraction of sp³-hybridized carbons (Fsp3) is 0.105. The first-order chi connectivity index (χ1) is 11.7. The molecule has 4 nitrogen and oxygen atoms in total. The maximum Gasteiger partial charge on any atom is 0.237 e. The third kappa shape index (κ3) is 4.20. The first-order valence-corrected chi connectivity index (χ1v) is 8.50. The van der Waals surface area contributed by atoms with Crippen LogP contribution in [0.25, 0.3) is 11.3 Å². The lowest BCUT2D eigenvalue weighted by atomic mass is 10.1. The van der Waals surface area contributed by atoms with Crippen LogP contribution in [0.15, 0.2) is 78.1 Å². The van der Waals surface area contributed by atoms with Crippen LogP contribution in [-0.2, 0) is 4.79 Å². The summed E-state index contributed by atoms with van der Waals surface area (Å²) in [5.41, 5.74) is 2.68. The Morgan fingerprint density at radius 3 is 2.38 bits per heavy atom. The molecule has 1 aromatic heterocycles. The molecule has 3 aromatic rings. The number of amides is 1. The van der Waals surface area contributed by atoms with Crippen LogP contribution in [0.5, 0.6) is 0 Å². The summed E-state index contributed by atoms with van der Waals surface area (Å²) in [7, 11) is 0. The SMILES string of the molecule is CC(Sc1cc(-c2ccccc2)ncn1)C(=O)Nc1ccccc1. The maximum atomic E-state index is 12.3. The Morgan fingerprint density at radius 2 is 1.67 bits per heavy atom. The minimum absolute atomic E-state index is 0.0499. The van der Waals surface area contributed by atoms with E-state index >= 15 is 0 Å². The molecule has 24 heavy (non-hydrogen) atoms. The molecular weight excluding hydrogens is 318 g/mol. The van der Waals surface area contributed by atoms with Gasteiger partial charge in [-0.3, -0.25) is 4.79 Å². The van der Waals surface area contributed by atoms with Gasteiger partial charge in [0.25, 0.3) is 0 Å². The normalized spacial score (nSPS) is 11.7. The van der Waals surface area contributed by atoms with Crippen molar-refractivity contribution in [1.82, 2.24) is 9.97 Å². The van der Waals surface area contributed by atoms with E-state index in [1.54, 1.807) is 0 Å². The van der Waals surface area contributed by atoms with Gasteiger partial charge in [0, 0.05) is 11.3 Å². The van der Waals surface area contributed by atoms with Gasteiger partial charge >= 0.3 is 0 Å². The van der Waals surface area contributed by atoms with Crippen molar-refractivity contribution in [2.75, 3.05) is 5.32 Å². The summed E-state index contributed by atoms with van der Waals surface area (Å²) >= 11 is 1.42. The Balaban J connectivity index is 1.68. The van der Waals surface area contributed by atoms with E-state index in [1.165, 1.54) is 18.1 Å². The quantitative estimate of drug-likeness (QED) is 0.559. The lowest BCUT2D eigenvalue weighted by Crippen LogP contribution is -2.22. The second-order valence-corrected chi connectivity index (χ2v) is 6.58. The van der Waals surface area contributed by atoms with Gasteiger partial charge in [-0.15, -0.1) is 0 Å². The number of hydrogen-bond acceptors (Lipinski definition) is 4. The van der Waals surface area contributed by atoms with Crippen LogP contribution in [0.4, 0.5) is 5.69 Å². The van der Waals surface area contributed by atoms with Crippen LogP contribution in [0.1, 0.15) is 6.92 Å². The number of benzene rings is 2. The largest absolute Gasteiger partial charge is 0.325 e. The zero-order chi connectivity index (χ0) is 16.8. The summed E-state index contributed by atoms with van der Waals surface area (Å²) in [6, 6.07) is 21.3. The summed E-state index contributed by atoms with van der Waals surface area (Å²) in [5, 5.41) is 3.42. The Labute approximate surface area is 145 Å². The molecule has 5 heteroatoms. The Bertz CT molecular complexity index is 809. The molecule has 1 atom stereocenters. The molecule has 0 bridgehead atoms. The number of nitrogens with zero attached hydrogens (tertiary/aromatic N) is 2. The highest BCUT2D eigenvalue weighted by atomic mass is 32.2. The van der Waals surface area contributed by atoms with Crippen LogP contribution in [-0.4, -0.2) is 21.1 Å². The highest BCUT2D eigenvalue weighted by Gasteiger charge is 2.15. The maximum absolute atomic E-state index is 12.3. The molecule has 1 heterocycles. The molecule has 0 saturated heterocycles. The number of anilines is 1. The van der Waals surface area contributed by atoms with Gasteiger partial charge in [0.1, 0.15) is 11.4 Å². The molecule has 0 spiro atoms. The van der Waals surface area contributed by atoms with Gasteiger partial charge in [0.15, 0.2) is 0 Å². The van der Waals surface area contributed by atoms with E-state index in [-0.39, 0.29) is 11.2 Å².